The second-order valence-corrected chi connectivity index (χ2v) is 7.34. The summed E-state index contributed by atoms with van der Waals surface area (Å²) in [5.41, 5.74) is 2.93. The molecular weight excluding hydrogens is 422 g/mol. The predicted octanol–water partition coefficient (Wildman–Crippen LogP) is 4.53. The highest BCUT2D eigenvalue weighted by Gasteiger charge is 2.29. The van der Waals surface area contributed by atoms with Gasteiger partial charge in [0.25, 0.3) is 5.91 Å². The number of anilines is 1. The maximum absolute atomic E-state index is 12.9. The van der Waals surface area contributed by atoms with Crippen LogP contribution in [0.4, 0.5) is 5.69 Å². The monoisotopic (exact) mass is 435 g/mol. The van der Waals surface area contributed by atoms with Crippen LogP contribution >= 0.6 is 39.7 Å². The van der Waals surface area contributed by atoms with E-state index in [4.69, 9.17) is 23.8 Å². The Hall–Kier alpha value is -1.89. The van der Waals surface area contributed by atoms with Crippen molar-refractivity contribution >= 4 is 56.5 Å². The van der Waals surface area contributed by atoms with Gasteiger partial charge >= 0.3 is 0 Å². The molecule has 7 heteroatoms. The topological polar surface area (TPSA) is 53.2 Å². The van der Waals surface area contributed by atoms with E-state index in [2.05, 4.69) is 31.9 Å². The lowest BCUT2D eigenvalue weighted by Crippen LogP contribution is -2.45. The fraction of sp³-hybridized carbons (Fsp3) is 0.111. The molecule has 1 atom stereocenters. The number of rotatable bonds is 3. The van der Waals surface area contributed by atoms with Crippen LogP contribution in [0, 0.1) is 0 Å². The van der Waals surface area contributed by atoms with E-state index in [0.29, 0.717) is 15.7 Å². The summed E-state index contributed by atoms with van der Waals surface area (Å²) in [7, 11) is 0. The smallest absolute Gasteiger partial charge is 0.255 e. The van der Waals surface area contributed by atoms with Gasteiger partial charge in [-0.25, -0.2) is 0 Å². The summed E-state index contributed by atoms with van der Waals surface area (Å²) in [6.45, 7) is 1.84. The minimum absolute atomic E-state index is 0.192. The van der Waals surface area contributed by atoms with Crippen molar-refractivity contribution in [2.24, 2.45) is 0 Å². The molecule has 0 fully saturated rings. The number of hydrogen-bond donors (Lipinski definition) is 3. The fourth-order valence-electron chi connectivity index (χ4n) is 2.63. The molecule has 25 heavy (non-hydrogen) atoms. The molecule has 1 aliphatic heterocycles. The number of halogens is 2. The van der Waals surface area contributed by atoms with Crippen LogP contribution in [0.1, 0.15) is 18.5 Å². The van der Waals surface area contributed by atoms with E-state index in [1.165, 1.54) is 0 Å². The van der Waals surface area contributed by atoms with E-state index in [9.17, 15) is 4.79 Å². The van der Waals surface area contributed by atoms with Crippen LogP contribution in [-0.2, 0) is 4.79 Å². The molecular formula is C18H15BrClN3OS. The van der Waals surface area contributed by atoms with Gasteiger partial charge in [-0.15, -0.1) is 0 Å². The molecule has 0 radical (unpaired) electrons. The summed E-state index contributed by atoms with van der Waals surface area (Å²) in [6.07, 6.45) is 0. The maximum atomic E-state index is 12.9. The lowest BCUT2D eigenvalue weighted by Gasteiger charge is -2.30. The van der Waals surface area contributed by atoms with E-state index in [1.807, 2.05) is 43.3 Å². The number of carbonyl (C=O) groups is 1. The van der Waals surface area contributed by atoms with Gasteiger partial charge in [0.15, 0.2) is 5.11 Å². The Balaban J connectivity index is 1.92. The number of nitrogens with one attached hydrogen (secondary N) is 3. The molecule has 2 aromatic rings. The van der Waals surface area contributed by atoms with E-state index in [0.717, 1.165) is 21.4 Å². The maximum Gasteiger partial charge on any atom is 0.255 e. The molecule has 3 rings (SSSR count). The van der Waals surface area contributed by atoms with Crippen molar-refractivity contribution in [3.8, 4) is 0 Å². The molecule has 128 valence electrons. The Kier molecular flexibility index (Phi) is 5.42. The zero-order chi connectivity index (χ0) is 18.0. The van der Waals surface area contributed by atoms with E-state index in [-0.39, 0.29) is 11.9 Å². The Morgan fingerprint density at radius 1 is 1.16 bits per heavy atom. The number of benzene rings is 2. The summed E-state index contributed by atoms with van der Waals surface area (Å²) in [5.74, 6) is -0.192. The molecule has 0 aromatic heterocycles. The van der Waals surface area contributed by atoms with Gasteiger partial charge in [0, 0.05) is 20.9 Å². The van der Waals surface area contributed by atoms with Crippen LogP contribution in [0.5, 0.6) is 0 Å². The predicted molar refractivity (Wildman–Crippen MR) is 109 cm³/mol. The lowest BCUT2D eigenvalue weighted by atomic mass is 9.95. The van der Waals surface area contributed by atoms with Crippen molar-refractivity contribution in [3.63, 3.8) is 0 Å². The summed E-state index contributed by atoms with van der Waals surface area (Å²) < 4.78 is 0.950. The van der Waals surface area contributed by atoms with Crippen molar-refractivity contribution in [1.82, 2.24) is 10.6 Å². The first-order valence-corrected chi connectivity index (χ1v) is 9.12. The number of amides is 1. The van der Waals surface area contributed by atoms with Crippen molar-refractivity contribution < 1.29 is 4.79 Å². The van der Waals surface area contributed by atoms with Crippen LogP contribution in [0.15, 0.2) is 64.3 Å². The Bertz CT molecular complexity index is 850. The molecule has 2 aromatic carbocycles. The first-order valence-electron chi connectivity index (χ1n) is 7.54. The second-order valence-electron chi connectivity index (χ2n) is 5.58. The first-order chi connectivity index (χ1) is 11.9. The molecule has 0 bridgehead atoms. The third kappa shape index (κ3) is 4.21. The van der Waals surface area contributed by atoms with Gasteiger partial charge in [-0.1, -0.05) is 39.7 Å². The Labute approximate surface area is 164 Å². The first kappa shape index (κ1) is 17.9. The van der Waals surface area contributed by atoms with Gasteiger partial charge in [0.1, 0.15) is 0 Å². The number of hydrogen-bond acceptors (Lipinski definition) is 2. The largest absolute Gasteiger partial charge is 0.351 e. The van der Waals surface area contributed by atoms with Crippen molar-refractivity contribution in [1.29, 1.82) is 0 Å². The summed E-state index contributed by atoms with van der Waals surface area (Å²) in [4.78, 5) is 12.9. The number of carbonyl (C=O) groups excluding carboxylic acids is 1. The normalized spacial score (nSPS) is 16.9. The van der Waals surface area contributed by atoms with Gasteiger partial charge < -0.3 is 16.0 Å². The molecule has 1 heterocycles. The fourth-order valence-corrected chi connectivity index (χ4v) is 3.29. The van der Waals surface area contributed by atoms with Crippen LogP contribution < -0.4 is 16.0 Å². The van der Waals surface area contributed by atoms with Gasteiger partial charge in [-0.3, -0.25) is 4.79 Å². The average molecular weight is 437 g/mol. The third-order valence-corrected chi connectivity index (χ3v) is 4.82. The zero-order valence-electron chi connectivity index (χ0n) is 13.3. The van der Waals surface area contributed by atoms with Gasteiger partial charge in [0.2, 0.25) is 0 Å². The molecule has 1 aliphatic rings. The highest BCUT2D eigenvalue weighted by molar-refractivity contribution is 9.10. The second kappa shape index (κ2) is 7.56. The van der Waals surface area contributed by atoms with Crippen molar-refractivity contribution in [2.45, 2.75) is 13.0 Å². The molecule has 0 aliphatic carbocycles. The molecule has 0 spiro atoms. The number of allylic oxidation sites excluding steroid dienone is 1. The zero-order valence-corrected chi connectivity index (χ0v) is 16.4. The van der Waals surface area contributed by atoms with Crippen LogP contribution in [0.3, 0.4) is 0 Å². The average Bonchev–Trinajstić information content (AvgIpc) is 2.57. The van der Waals surface area contributed by atoms with Crippen molar-refractivity contribution in [2.75, 3.05) is 5.32 Å². The van der Waals surface area contributed by atoms with Crippen LogP contribution in [0.25, 0.3) is 0 Å². The van der Waals surface area contributed by atoms with Crippen molar-refractivity contribution in [3.05, 3.63) is 74.9 Å². The quantitative estimate of drug-likeness (QED) is 0.619. The van der Waals surface area contributed by atoms with E-state index < -0.39 is 0 Å². The number of thiocarbonyl (C=S) groups is 1. The molecule has 1 amide bonds. The third-order valence-electron chi connectivity index (χ3n) is 3.82. The van der Waals surface area contributed by atoms with Crippen LogP contribution in [-0.4, -0.2) is 11.0 Å². The van der Waals surface area contributed by atoms with Gasteiger partial charge in [-0.05, 0) is 61.1 Å². The molecule has 1 unspecified atom stereocenters. The molecule has 0 saturated heterocycles. The molecule has 4 nitrogen and oxygen atoms in total. The standard InChI is InChI=1S/C18H15BrClN3OS/c1-10-15(17(24)22-14-8-4-12(19)5-9-14)16(23-18(25)21-10)11-2-6-13(20)7-3-11/h2-9,16H,1H3,(H,22,24)(H2,21,23,25). The highest BCUT2D eigenvalue weighted by Crippen LogP contribution is 2.28. The van der Waals surface area contributed by atoms with Gasteiger partial charge in [-0.2, -0.15) is 0 Å². The summed E-state index contributed by atoms with van der Waals surface area (Å²) in [6, 6.07) is 14.4. The lowest BCUT2D eigenvalue weighted by molar-refractivity contribution is -0.113. The summed E-state index contributed by atoms with van der Waals surface area (Å²) >= 11 is 14.6. The minimum Gasteiger partial charge on any atom is -0.351 e. The molecule has 3 N–H and O–H groups in total. The minimum atomic E-state index is -0.346. The Morgan fingerprint density at radius 2 is 1.80 bits per heavy atom. The van der Waals surface area contributed by atoms with E-state index >= 15 is 0 Å². The Morgan fingerprint density at radius 3 is 2.44 bits per heavy atom. The van der Waals surface area contributed by atoms with Crippen LogP contribution in [0.2, 0.25) is 5.02 Å². The SMILES string of the molecule is CC1=C(C(=O)Nc2ccc(Br)cc2)C(c2ccc(Cl)cc2)NC(=S)N1. The molecule has 0 saturated carbocycles. The summed E-state index contributed by atoms with van der Waals surface area (Å²) in [5, 5.41) is 10.2. The van der Waals surface area contributed by atoms with E-state index in [1.54, 1.807) is 12.1 Å². The van der Waals surface area contributed by atoms with Gasteiger partial charge in [0.05, 0.1) is 11.6 Å². The highest BCUT2D eigenvalue weighted by atomic mass is 79.9.